The van der Waals surface area contributed by atoms with Crippen molar-refractivity contribution in [2.75, 3.05) is 59.5 Å². The van der Waals surface area contributed by atoms with Gasteiger partial charge in [0.25, 0.3) is 0 Å². The van der Waals surface area contributed by atoms with Crippen LogP contribution in [0.5, 0.6) is 0 Å². The Balaban J connectivity index is 0.0000000777. The number of aliphatic hydroxyl groups is 7. The molecule has 8 heterocycles. The number of carbonyl (C=O) groups is 3. The quantitative estimate of drug-likeness (QED) is 0.0687. The Hall–Kier alpha value is -2.23. The zero-order chi connectivity index (χ0) is 97.2. The predicted molar refractivity (Wildman–Crippen MR) is 514 cm³/mol. The second kappa shape index (κ2) is 26.8. The average molecular weight is 1980 g/mol. The smallest absolute Gasteiger partial charge is 0.321 e. The molecule has 38 fully saturated rings. The largest absolute Gasteiger partial charge is 0.481 e. The molecular formula is C121H170O22. The maximum atomic E-state index is 12.7. The van der Waals surface area contributed by atoms with Crippen LogP contribution in [0.25, 0.3) is 0 Å². The van der Waals surface area contributed by atoms with Crippen molar-refractivity contribution < 1.29 is 107 Å². The molecule has 22 heteroatoms. The molecule has 0 bridgehead atoms. The van der Waals surface area contributed by atoms with Gasteiger partial charge >= 0.3 is 17.9 Å². The number of carboxylic acids is 1. The van der Waals surface area contributed by atoms with E-state index in [1.165, 1.54) is 96.3 Å². The molecule has 143 heavy (non-hydrogen) atoms. The van der Waals surface area contributed by atoms with Crippen LogP contribution in [0, 0.1) is 267 Å². The Kier molecular flexibility index (Phi) is 17.1. The third-order valence-electron chi connectivity index (χ3n) is 60.0. The highest BCUT2D eigenvalue weighted by Crippen LogP contribution is 2.92. The SMILES string of the molecule is CC12CCC(O)CC1(O)[C@@H]1C[C@@H]1C1C2CCC2(C)C1C1C[C@@H]1[C@@]21CO1.CC12CCC(O)CC1(O)[C@@H]1C[C@@H]1C1C2CCC2(C)C1C1C[C@@H]1[C@@]21CO1.CC12CCC3(CC1(O)[C@@H]1C[C@@H]1C1C2CCC2(C)C1C1C[C@@H]1[C@@]21CC(C(=O)O)C(=O)O1)OCCO3.CC12CCC3(CC1(O)[C@@H]1C[C@@H]1C1C2CCC2(C)C1C1C[C@@H]1[C@@]21CCC(=O)O1)OCCO3.CC12CCC3(CC1(O)[C@@H]1C[C@@H]1C1C2CCC2(C)C1C1C[C@@H]1[C@@]21CO1)OCCO3. The predicted octanol–water partition coefficient (Wildman–Crippen LogP) is 16.0. The topological polar surface area (TPSA) is 324 Å². The third kappa shape index (κ3) is 10.2. The minimum atomic E-state index is -1.04. The monoisotopic (exact) mass is 1980 g/mol. The minimum absolute atomic E-state index is 0.0282. The Morgan fingerprint density at radius 1 is 0.266 bits per heavy atom. The van der Waals surface area contributed by atoms with Crippen LogP contribution in [0.4, 0.5) is 0 Å². The number of carbonyl (C=O) groups excluding carboxylic acids is 2. The molecule has 0 aromatic carbocycles. The van der Waals surface area contributed by atoms with Gasteiger partial charge in [-0.05, 0) is 386 Å². The lowest BCUT2D eigenvalue weighted by Crippen LogP contribution is -2.67. The van der Waals surface area contributed by atoms with Crippen molar-refractivity contribution in [2.24, 2.45) is 267 Å². The van der Waals surface area contributed by atoms with E-state index >= 15 is 0 Å². The molecule has 30 aliphatic carbocycles. The summed E-state index contributed by atoms with van der Waals surface area (Å²) in [6.45, 7) is 31.6. The van der Waals surface area contributed by atoms with E-state index in [1.54, 1.807) is 0 Å². The van der Waals surface area contributed by atoms with Gasteiger partial charge in [0.05, 0.1) is 99.7 Å². The molecule has 38 rings (SSSR count). The first kappa shape index (κ1) is 91.1. The Labute approximate surface area is 845 Å². The van der Waals surface area contributed by atoms with Gasteiger partial charge in [-0.3, -0.25) is 14.4 Å². The number of hydrogen-bond acceptors (Lipinski definition) is 21. The molecule has 0 aromatic heterocycles. The zero-order valence-corrected chi connectivity index (χ0v) is 87.5. The van der Waals surface area contributed by atoms with Crippen LogP contribution < -0.4 is 0 Å². The summed E-state index contributed by atoms with van der Waals surface area (Å²) in [5.41, 5.74) is -2.11. The maximum Gasteiger partial charge on any atom is 0.321 e. The Morgan fingerprint density at radius 3 is 0.790 bits per heavy atom. The van der Waals surface area contributed by atoms with Gasteiger partial charge in [-0.15, -0.1) is 0 Å². The summed E-state index contributed by atoms with van der Waals surface area (Å²) in [5.74, 6) is 19.2. The molecule has 0 amide bonds. The lowest BCUT2D eigenvalue weighted by molar-refractivity contribution is -0.292. The normalized spacial score (nSPS) is 68.2. The molecule has 8 spiro atoms. The number of hydrogen-bond donors (Lipinski definition) is 8. The highest BCUT2D eigenvalue weighted by atomic mass is 16.8. The fraction of sp³-hybridized carbons (Fsp3) is 0.975. The Morgan fingerprint density at radius 2 is 0.517 bits per heavy atom. The van der Waals surface area contributed by atoms with Gasteiger partial charge in [0.1, 0.15) is 28.0 Å². The van der Waals surface area contributed by atoms with E-state index in [0.29, 0.717) is 207 Å². The molecule has 38 aliphatic rings. The van der Waals surface area contributed by atoms with Gasteiger partial charge in [-0.2, -0.15) is 0 Å². The summed E-state index contributed by atoms with van der Waals surface area (Å²) >= 11 is 0. The van der Waals surface area contributed by atoms with Crippen molar-refractivity contribution in [3.05, 3.63) is 0 Å². The van der Waals surface area contributed by atoms with E-state index in [0.717, 1.165) is 217 Å². The summed E-state index contributed by atoms with van der Waals surface area (Å²) in [5, 5.41) is 90.7. The first-order valence-corrected chi connectivity index (χ1v) is 60.4. The molecule has 58 atom stereocenters. The average Bonchev–Trinajstić information content (AvgIpc) is 1.44. The molecule has 0 aromatic rings. The van der Waals surface area contributed by atoms with E-state index < -0.39 is 68.8 Å². The van der Waals surface area contributed by atoms with Crippen LogP contribution in [-0.2, 0) is 66.5 Å². The second-order valence-corrected chi connectivity index (χ2v) is 62.5. The number of aliphatic hydroxyl groups excluding tert-OH is 2. The minimum Gasteiger partial charge on any atom is -0.481 e. The molecule has 0 radical (unpaired) electrons. The van der Waals surface area contributed by atoms with Gasteiger partial charge in [0.15, 0.2) is 23.3 Å². The maximum absolute atomic E-state index is 12.7. The number of ether oxygens (including phenoxy) is 11. The van der Waals surface area contributed by atoms with Gasteiger partial charge in [0.2, 0.25) is 0 Å². The molecule has 30 saturated carbocycles. The number of rotatable bonds is 1. The van der Waals surface area contributed by atoms with Crippen molar-refractivity contribution in [3.8, 4) is 0 Å². The molecule has 8 saturated heterocycles. The molecule has 38 unspecified atom stereocenters. The molecule has 22 nitrogen and oxygen atoms in total. The van der Waals surface area contributed by atoms with Crippen molar-refractivity contribution in [3.63, 3.8) is 0 Å². The fourth-order valence-electron chi connectivity index (χ4n) is 53.0. The lowest BCUT2D eigenvalue weighted by atomic mass is 9.42. The standard InChI is InChI=1S/C27H36O7.C26H36O5.C24H34O4.2C22H32O3/c1-23-5-6-25(32-7-8-33-25)12-26(23,31)17-9-13(17)19-16(23)3-4-24(2)20(19)14-10-18(14)27(24)11-15(21(28)29)22(30)34-27;1-22-7-8-24(29-9-10-30-24)13-25(22,28)17-11-14(17)20-16(22)3-5-23(2)21(20)15-12-18(15)26(23)6-4-19(27)31-26;1-20-5-6-22(26-7-8-27-22)11-23(20,25)16-9-13(16)18-15(20)3-4-21(2)19(18)14-10-17(14)24(21)12-28-24;2*1-19-5-3-11(23)9-21(19,24)15-7-12(15)17-14(19)4-6-20(2)18(17)13-8-16(13)22(20)10-25-22/h13-20,31H,3-12H2,1-2H3,(H,28,29);14-18,20-21,28H,3-13H2,1-2H3;13-19,25H,3-12H2,1-2H3;2*11-18,23-24H,3-10H2,1-2H3/t13-,14?,15?,16?,17+,18-,19?,20?,23?,24?,26?,27-;14-,15?,16?,17+,18-,20?,21?,22?,23?,25?,26-;13-,14?,15?,16+,17-,18?,19?,20?,21?,23?,24-;2*11?,12-,13?,14?,15+,16-,17?,18?,19?,20?,21?,22-/m00000/s1. The van der Waals surface area contributed by atoms with E-state index in [1.807, 2.05) is 0 Å². The number of epoxide rings is 3. The first-order valence-electron chi connectivity index (χ1n) is 60.4. The molecule has 786 valence electrons. The van der Waals surface area contributed by atoms with Crippen molar-refractivity contribution in [1.29, 1.82) is 0 Å². The van der Waals surface area contributed by atoms with E-state index in [-0.39, 0.29) is 84.4 Å². The summed E-state index contributed by atoms with van der Waals surface area (Å²) in [6.07, 6.45) is 38.7. The summed E-state index contributed by atoms with van der Waals surface area (Å²) in [4.78, 5) is 36.7. The van der Waals surface area contributed by atoms with Crippen LogP contribution in [0.15, 0.2) is 0 Å². The van der Waals surface area contributed by atoms with Gasteiger partial charge in [0, 0.05) is 119 Å². The zero-order valence-electron chi connectivity index (χ0n) is 87.5. The summed E-state index contributed by atoms with van der Waals surface area (Å²) in [6, 6.07) is 0. The Bertz CT molecular complexity index is 5400. The van der Waals surface area contributed by atoms with Crippen LogP contribution in [0.3, 0.4) is 0 Å². The second-order valence-electron chi connectivity index (χ2n) is 62.5. The lowest BCUT2D eigenvalue weighted by Gasteiger charge is -2.65. The van der Waals surface area contributed by atoms with Crippen LogP contribution in [0.2, 0.25) is 0 Å². The number of fused-ring (bicyclic) bond motifs is 60. The third-order valence-corrected chi connectivity index (χ3v) is 60.0. The van der Waals surface area contributed by atoms with E-state index in [2.05, 4.69) is 69.2 Å². The highest BCUT2D eigenvalue weighted by Gasteiger charge is 2.93. The van der Waals surface area contributed by atoms with Crippen molar-refractivity contribution in [1.82, 2.24) is 0 Å². The van der Waals surface area contributed by atoms with Crippen molar-refractivity contribution >= 4 is 17.9 Å². The summed E-state index contributed by atoms with van der Waals surface area (Å²) in [7, 11) is 0. The number of esters is 2. The van der Waals surface area contributed by atoms with Gasteiger partial charge < -0.3 is 93.0 Å². The van der Waals surface area contributed by atoms with Crippen LogP contribution >= 0.6 is 0 Å². The van der Waals surface area contributed by atoms with Crippen LogP contribution in [-0.4, -0.2) is 204 Å². The number of aliphatic carboxylic acids is 1. The molecule has 8 N–H and O–H groups in total. The van der Waals surface area contributed by atoms with Gasteiger partial charge in [-0.1, -0.05) is 69.2 Å². The fourth-order valence-corrected chi connectivity index (χ4v) is 53.0. The molecule has 8 aliphatic heterocycles. The first-order chi connectivity index (χ1) is 68.0. The van der Waals surface area contributed by atoms with Crippen LogP contribution in [0.1, 0.15) is 313 Å². The number of carboxylic acid groups (broad SMARTS) is 1. The van der Waals surface area contributed by atoms with E-state index in [9.17, 15) is 55.2 Å². The van der Waals surface area contributed by atoms with Crippen molar-refractivity contribution in [2.45, 2.75) is 399 Å². The highest BCUT2D eigenvalue weighted by molar-refractivity contribution is 5.96. The summed E-state index contributed by atoms with van der Waals surface area (Å²) < 4.78 is 67.6. The van der Waals surface area contributed by atoms with E-state index in [4.69, 9.17) is 52.1 Å². The molecular weight excluding hydrogens is 1810 g/mol. The van der Waals surface area contributed by atoms with Gasteiger partial charge in [-0.25, -0.2) is 0 Å².